The Hall–Kier alpha value is -2.53. The molecule has 1 aromatic heterocycles. The van der Waals surface area contributed by atoms with E-state index in [9.17, 15) is 9.18 Å². The number of benzene rings is 2. The second-order valence-electron chi connectivity index (χ2n) is 5.27. The number of ketones is 1. The fourth-order valence-electron chi connectivity index (χ4n) is 2.24. The van der Waals surface area contributed by atoms with Crippen LogP contribution >= 0.6 is 11.8 Å². The second-order valence-corrected chi connectivity index (χ2v) is 6.21. The summed E-state index contributed by atoms with van der Waals surface area (Å²) in [6.07, 6.45) is 0. The van der Waals surface area contributed by atoms with E-state index in [-0.39, 0.29) is 11.5 Å². The van der Waals surface area contributed by atoms with E-state index in [0.717, 1.165) is 17.0 Å². The van der Waals surface area contributed by atoms with E-state index < -0.39 is 5.82 Å². The predicted molar refractivity (Wildman–Crippen MR) is 93.7 cm³/mol. The topological polar surface area (TPSA) is 42.9 Å². The summed E-state index contributed by atoms with van der Waals surface area (Å²) in [7, 11) is 0. The molecule has 120 valence electrons. The van der Waals surface area contributed by atoms with Gasteiger partial charge in [-0.05, 0) is 25.1 Å². The zero-order chi connectivity index (χ0) is 16.9. The molecule has 3 rings (SSSR count). The summed E-state index contributed by atoms with van der Waals surface area (Å²) in [5.41, 5.74) is 3.02. The van der Waals surface area contributed by atoms with Gasteiger partial charge in [-0.3, -0.25) is 4.79 Å². The lowest BCUT2D eigenvalue weighted by Crippen LogP contribution is -2.04. The monoisotopic (exact) mass is 338 g/mol. The molecule has 1 heterocycles. The minimum Gasteiger partial charge on any atom is -0.293 e. The molecule has 24 heavy (non-hydrogen) atoms. The van der Waals surface area contributed by atoms with Crippen LogP contribution in [-0.4, -0.2) is 21.5 Å². The fourth-order valence-corrected chi connectivity index (χ4v) is 3.04. The van der Waals surface area contributed by atoms with Crippen LogP contribution in [0.2, 0.25) is 0 Å². The normalized spacial score (nSPS) is 10.6. The molecule has 0 N–H and O–H groups in total. The largest absolute Gasteiger partial charge is 0.293 e. The van der Waals surface area contributed by atoms with Crippen molar-refractivity contribution in [2.75, 3.05) is 5.75 Å². The smallest absolute Gasteiger partial charge is 0.188 e. The molecule has 0 bridgehead atoms. The van der Waals surface area contributed by atoms with Crippen LogP contribution in [0.15, 0.2) is 65.8 Å². The van der Waals surface area contributed by atoms with E-state index in [1.54, 1.807) is 6.07 Å². The molecule has 3 nitrogen and oxygen atoms in total. The number of carbonyl (C=O) groups excluding carboxylic acids is 1. The first-order valence-electron chi connectivity index (χ1n) is 7.44. The number of Topliss-reactive ketones (excluding diaryl/α,β-unsaturated/α-hetero) is 1. The molecule has 0 saturated carbocycles. The van der Waals surface area contributed by atoms with Crippen molar-refractivity contribution in [2.45, 2.75) is 12.1 Å². The third kappa shape index (κ3) is 4.06. The summed E-state index contributed by atoms with van der Waals surface area (Å²) in [6.45, 7) is 1.90. The van der Waals surface area contributed by atoms with Gasteiger partial charge in [-0.25, -0.2) is 14.4 Å². The molecule has 0 spiro atoms. The number of hydrogen-bond acceptors (Lipinski definition) is 4. The standard InChI is InChI=1S/C19H15FN2OS/c1-13-10-17(14-6-3-2-4-7-14)22-19(21-13)24-12-18(23)15-8-5-9-16(20)11-15/h2-11H,12H2,1H3. The molecule has 0 aliphatic heterocycles. The number of halogens is 1. The molecular formula is C19H15FN2OS. The first-order valence-corrected chi connectivity index (χ1v) is 8.43. The van der Waals surface area contributed by atoms with Crippen LogP contribution < -0.4 is 0 Å². The third-order valence-electron chi connectivity index (χ3n) is 3.38. The number of carbonyl (C=O) groups is 1. The molecule has 0 saturated heterocycles. The molecule has 0 unspecified atom stereocenters. The summed E-state index contributed by atoms with van der Waals surface area (Å²) >= 11 is 1.26. The van der Waals surface area contributed by atoms with Crippen molar-refractivity contribution in [3.8, 4) is 11.3 Å². The van der Waals surface area contributed by atoms with Crippen LogP contribution in [0.5, 0.6) is 0 Å². The Morgan fingerprint density at radius 2 is 1.83 bits per heavy atom. The number of aromatic nitrogens is 2. The SMILES string of the molecule is Cc1cc(-c2ccccc2)nc(SCC(=O)c2cccc(F)c2)n1. The molecule has 3 aromatic rings. The summed E-state index contributed by atoms with van der Waals surface area (Å²) in [5, 5.41) is 0.540. The fraction of sp³-hybridized carbons (Fsp3) is 0.105. The average molecular weight is 338 g/mol. The Labute approximate surface area is 144 Å². The van der Waals surface area contributed by atoms with Crippen LogP contribution in [0.25, 0.3) is 11.3 Å². The van der Waals surface area contributed by atoms with Crippen molar-refractivity contribution in [3.63, 3.8) is 0 Å². The molecule has 0 aliphatic carbocycles. The zero-order valence-corrected chi connectivity index (χ0v) is 13.9. The Morgan fingerprint density at radius 3 is 2.58 bits per heavy atom. The highest BCUT2D eigenvalue weighted by Gasteiger charge is 2.10. The Bertz CT molecular complexity index is 868. The number of rotatable bonds is 5. The first kappa shape index (κ1) is 16.3. The quantitative estimate of drug-likeness (QED) is 0.388. The number of thioether (sulfide) groups is 1. The first-order chi connectivity index (χ1) is 11.6. The molecule has 0 radical (unpaired) electrons. The van der Waals surface area contributed by atoms with E-state index in [4.69, 9.17) is 0 Å². The van der Waals surface area contributed by atoms with Gasteiger partial charge >= 0.3 is 0 Å². The highest BCUT2D eigenvalue weighted by molar-refractivity contribution is 7.99. The van der Waals surface area contributed by atoms with Crippen molar-refractivity contribution < 1.29 is 9.18 Å². The van der Waals surface area contributed by atoms with Crippen molar-refractivity contribution >= 4 is 17.5 Å². The molecule has 2 aromatic carbocycles. The van der Waals surface area contributed by atoms with Gasteiger partial charge in [-0.1, -0.05) is 54.2 Å². The van der Waals surface area contributed by atoms with Gasteiger partial charge in [0.15, 0.2) is 10.9 Å². The molecule has 0 amide bonds. The predicted octanol–water partition coefficient (Wildman–Crippen LogP) is 4.57. The van der Waals surface area contributed by atoms with E-state index in [0.29, 0.717) is 10.7 Å². The van der Waals surface area contributed by atoms with E-state index >= 15 is 0 Å². The van der Waals surface area contributed by atoms with Crippen LogP contribution in [0.1, 0.15) is 16.1 Å². The maximum atomic E-state index is 13.2. The lowest BCUT2D eigenvalue weighted by Gasteiger charge is -2.06. The minimum atomic E-state index is -0.413. The van der Waals surface area contributed by atoms with Gasteiger partial charge in [0.05, 0.1) is 11.4 Å². The Balaban J connectivity index is 1.76. The summed E-state index contributed by atoms with van der Waals surface area (Å²) in [6, 6.07) is 17.4. The van der Waals surface area contributed by atoms with Gasteiger partial charge in [0.2, 0.25) is 0 Å². The van der Waals surface area contributed by atoms with Gasteiger partial charge in [-0.2, -0.15) is 0 Å². The van der Waals surface area contributed by atoms with Crippen molar-refractivity contribution in [2.24, 2.45) is 0 Å². The highest BCUT2D eigenvalue weighted by atomic mass is 32.2. The van der Waals surface area contributed by atoms with Gasteiger partial charge in [0, 0.05) is 16.8 Å². The zero-order valence-electron chi connectivity index (χ0n) is 13.1. The van der Waals surface area contributed by atoms with Crippen LogP contribution in [0, 0.1) is 12.7 Å². The number of hydrogen-bond donors (Lipinski definition) is 0. The Kier molecular flexibility index (Phi) is 5.01. The maximum absolute atomic E-state index is 13.2. The van der Waals surface area contributed by atoms with Crippen LogP contribution in [-0.2, 0) is 0 Å². The number of nitrogens with zero attached hydrogens (tertiary/aromatic N) is 2. The Morgan fingerprint density at radius 1 is 1.04 bits per heavy atom. The van der Waals surface area contributed by atoms with Gasteiger partial charge in [0.1, 0.15) is 5.82 Å². The van der Waals surface area contributed by atoms with E-state index in [2.05, 4.69) is 9.97 Å². The summed E-state index contributed by atoms with van der Waals surface area (Å²) < 4.78 is 13.2. The molecular weight excluding hydrogens is 323 g/mol. The second kappa shape index (κ2) is 7.36. The van der Waals surface area contributed by atoms with Crippen LogP contribution in [0.3, 0.4) is 0 Å². The van der Waals surface area contributed by atoms with Crippen molar-refractivity contribution in [3.05, 3.63) is 77.7 Å². The highest BCUT2D eigenvalue weighted by Crippen LogP contribution is 2.22. The van der Waals surface area contributed by atoms with E-state index in [1.165, 1.54) is 30.0 Å². The number of aryl methyl sites for hydroxylation is 1. The van der Waals surface area contributed by atoms with Crippen LogP contribution in [0.4, 0.5) is 4.39 Å². The molecule has 5 heteroatoms. The molecule has 0 fully saturated rings. The lowest BCUT2D eigenvalue weighted by molar-refractivity contribution is 0.102. The van der Waals surface area contributed by atoms with Gasteiger partial charge in [-0.15, -0.1) is 0 Å². The van der Waals surface area contributed by atoms with Gasteiger partial charge in [0.25, 0.3) is 0 Å². The maximum Gasteiger partial charge on any atom is 0.188 e. The summed E-state index contributed by atoms with van der Waals surface area (Å²) in [5.74, 6) is -0.392. The lowest BCUT2D eigenvalue weighted by atomic mass is 10.1. The van der Waals surface area contributed by atoms with E-state index in [1.807, 2.05) is 43.3 Å². The van der Waals surface area contributed by atoms with Gasteiger partial charge < -0.3 is 0 Å². The third-order valence-corrected chi connectivity index (χ3v) is 4.23. The minimum absolute atomic E-state index is 0.147. The average Bonchev–Trinajstić information content (AvgIpc) is 2.60. The molecule has 0 aliphatic rings. The van der Waals surface area contributed by atoms with Crippen molar-refractivity contribution in [1.82, 2.24) is 9.97 Å². The van der Waals surface area contributed by atoms with Crippen molar-refractivity contribution in [1.29, 1.82) is 0 Å². The summed E-state index contributed by atoms with van der Waals surface area (Å²) in [4.78, 5) is 21.0. The molecule has 0 atom stereocenters.